The third kappa shape index (κ3) is 3.23. The third-order valence-electron chi connectivity index (χ3n) is 3.90. The first-order valence-electron chi connectivity index (χ1n) is 7.02. The molecule has 2 N–H and O–H groups in total. The van der Waals surface area contributed by atoms with Crippen LogP contribution in [0.5, 0.6) is 0 Å². The van der Waals surface area contributed by atoms with E-state index in [1.54, 1.807) is 8.61 Å². The van der Waals surface area contributed by atoms with Gasteiger partial charge in [-0.25, -0.2) is 0 Å². The molecule has 2 aliphatic rings. The van der Waals surface area contributed by atoms with E-state index in [-0.39, 0.29) is 6.04 Å². The van der Waals surface area contributed by atoms with Crippen LogP contribution in [-0.2, 0) is 10.2 Å². The van der Waals surface area contributed by atoms with E-state index >= 15 is 0 Å². The predicted molar refractivity (Wildman–Crippen MR) is 72.3 cm³/mol. The Hall–Kier alpha value is -0.170. The molecule has 5 nitrogen and oxygen atoms in total. The summed E-state index contributed by atoms with van der Waals surface area (Å²) in [6.45, 7) is 4.67. The molecule has 1 saturated heterocycles. The molecule has 2 fully saturated rings. The average molecular weight is 275 g/mol. The lowest BCUT2D eigenvalue weighted by Gasteiger charge is -2.34. The summed E-state index contributed by atoms with van der Waals surface area (Å²) in [5.74, 6) is 0.648. The van der Waals surface area contributed by atoms with Crippen LogP contribution in [0.4, 0.5) is 0 Å². The van der Waals surface area contributed by atoms with E-state index in [1.807, 2.05) is 0 Å². The van der Waals surface area contributed by atoms with Crippen molar-refractivity contribution >= 4 is 10.2 Å². The average Bonchev–Trinajstić information content (AvgIpc) is 3.14. The van der Waals surface area contributed by atoms with Gasteiger partial charge in [0.1, 0.15) is 0 Å². The zero-order valence-electron chi connectivity index (χ0n) is 11.2. The molecule has 6 heteroatoms. The molecule has 1 saturated carbocycles. The Labute approximate surface area is 110 Å². The van der Waals surface area contributed by atoms with Crippen molar-refractivity contribution in [1.29, 1.82) is 0 Å². The van der Waals surface area contributed by atoms with E-state index < -0.39 is 10.2 Å². The van der Waals surface area contributed by atoms with Gasteiger partial charge < -0.3 is 5.73 Å². The third-order valence-corrected chi connectivity index (χ3v) is 5.99. The molecule has 1 aliphatic carbocycles. The Morgan fingerprint density at radius 2 is 1.83 bits per heavy atom. The van der Waals surface area contributed by atoms with Crippen molar-refractivity contribution in [2.75, 3.05) is 26.2 Å². The van der Waals surface area contributed by atoms with Gasteiger partial charge in [-0.15, -0.1) is 0 Å². The second kappa shape index (κ2) is 5.86. The molecule has 0 atom stereocenters. The minimum Gasteiger partial charge on any atom is -0.330 e. The van der Waals surface area contributed by atoms with Gasteiger partial charge in [0.15, 0.2) is 0 Å². The Balaban J connectivity index is 2.02. The van der Waals surface area contributed by atoms with E-state index in [4.69, 9.17) is 5.73 Å². The first kappa shape index (κ1) is 14.2. The molecule has 0 amide bonds. The maximum atomic E-state index is 12.6. The van der Waals surface area contributed by atoms with Crippen LogP contribution in [0.3, 0.4) is 0 Å². The van der Waals surface area contributed by atoms with Crippen LogP contribution in [0, 0.1) is 5.92 Å². The normalized spacial score (nSPS) is 23.7. The topological polar surface area (TPSA) is 66.6 Å². The van der Waals surface area contributed by atoms with Crippen molar-refractivity contribution in [1.82, 2.24) is 8.61 Å². The summed E-state index contributed by atoms with van der Waals surface area (Å²) < 4.78 is 28.5. The van der Waals surface area contributed by atoms with Gasteiger partial charge in [-0.05, 0) is 44.6 Å². The molecule has 0 radical (unpaired) electrons. The smallest absolute Gasteiger partial charge is 0.282 e. The highest BCUT2D eigenvalue weighted by atomic mass is 32.2. The molecule has 0 aromatic rings. The van der Waals surface area contributed by atoms with Gasteiger partial charge in [0.05, 0.1) is 0 Å². The summed E-state index contributed by atoms with van der Waals surface area (Å²) in [4.78, 5) is 0. The van der Waals surface area contributed by atoms with Gasteiger partial charge in [-0.2, -0.15) is 17.0 Å². The van der Waals surface area contributed by atoms with Gasteiger partial charge in [0.25, 0.3) is 10.2 Å². The summed E-state index contributed by atoms with van der Waals surface area (Å²) >= 11 is 0. The van der Waals surface area contributed by atoms with Crippen LogP contribution in [0.25, 0.3) is 0 Å². The summed E-state index contributed by atoms with van der Waals surface area (Å²) in [6, 6.07) is 0.237. The lowest BCUT2D eigenvalue weighted by molar-refractivity contribution is 0.261. The lowest BCUT2D eigenvalue weighted by atomic mass is 10.0. The highest BCUT2D eigenvalue weighted by molar-refractivity contribution is 7.86. The molecule has 1 heterocycles. The molecule has 1 aliphatic heterocycles. The molecule has 18 heavy (non-hydrogen) atoms. The maximum absolute atomic E-state index is 12.6. The monoisotopic (exact) mass is 275 g/mol. The second-order valence-electron chi connectivity index (χ2n) is 5.57. The Kier molecular flexibility index (Phi) is 4.64. The molecule has 0 spiro atoms. The van der Waals surface area contributed by atoms with Crippen LogP contribution in [0.15, 0.2) is 0 Å². The first-order chi connectivity index (χ1) is 8.55. The van der Waals surface area contributed by atoms with Crippen LogP contribution >= 0.6 is 0 Å². The van der Waals surface area contributed by atoms with E-state index in [0.29, 0.717) is 32.1 Å². The van der Waals surface area contributed by atoms with Gasteiger partial charge in [-0.3, -0.25) is 0 Å². The summed E-state index contributed by atoms with van der Waals surface area (Å²) in [5.41, 5.74) is 5.50. The summed E-state index contributed by atoms with van der Waals surface area (Å²) in [6.07, 6.45) is 4.73. The van der Waals surface area contributed by atoms with E-state index in [9.17, 15) is 8.42 Å². The number of nitrogens with two attached hydrogens (primary N) is 1. The number of piperidine rings is 1. The van der Waals surface area contributed by atoms with Crippen LogP contribution < -0.4 is 5.73 Å². The van der Waals surface area contributed by atoms with Crippen LogP contribution in [0.1, 0.15) is 39.0 Å². The van der Waals surface area contributed by atoms with E-state index in [0.717, 1.165) is 32.1 Å². The highest BCUT2D eigenvalue weighted by Crippen LogP contribution is 2.31. The van der Waals surface area contributed by atoms with Crippen LogP contribution in [0.2, 0.25) is 0 Å². The molecular formula is C12H25N3O2S. The van der Waals surface area contributed by atoms with Gasteiger partial charge in [0.2, 0.25) is 0 Å². The van der Waals surface area contributed by atoms with Gasteiger partial charge >= 0.3 is 0 Å². The van der Waals surface area contributed by atoms with Crippen molar-refractivity contribution in [3.8, 4) is 0 Å². The fraction of sp³-hybridized carbons (Fsp3) is 1.00. The molecule has 106 valence electrons. The molecule has 0 bridgehead atoms. The molecule has 2 rings (SSSR count). The standard InChI is InChI=1S/C12H25N3O2S/c1-11-5-9-14(10-6-11)18(16,17)15(8-2-7-13)12-3-4-12/h11-12H,2-10,13H2,1H3. The SMILES string of the molecule is CC1CCN(S(=O)(=O)N(CCCN)C2CC2)CC1. The Morgan fingerprint density at radius 1 is 1.22 bits per heavy atom. The van der Waals surface area contributed by atoms with Crippen molar-refractivity contribution in [3.63, 3.8) is 0 Å². The van der Waals surface area contributed by atoms with Gasteiger partial charge in [0, 0.05) is 25.7 Å². The van der Waals surface area contributed by atoms with Crippen molar-refractivity contribution in [2.24, 2.45) is 11.7 Å². The predicted octanol–water partition coefficient (Wildman–Crippen LogP) is 0.776. The number of nitrogens with zero attached hydrogens (tertiary/aromatic N) is 2. The summed E-state index contributed by atoms with van der Waals surface area (Å²) in [5, 5.41) is 0. The summed E-state index contributed by atoms with van der Waals surface area (Å²) in [7, 11) is -3.25. The van der Waals surface area contributed by atoms with Crippen molar-refractivity contribution < 1.29 is 8.42 Å². The lowest BCUT2D eigenvalue weighted by Crippen LogP contribution is -2.48. The number of hydrogen-bond acceptors (Lipinski definition) is 3. The van der Waals surface area contributed by atoms with Crippen LogP contribution in [-0.4, -0.2) is 49.2 Å². The van der Waals surface area contributed by atoms with E-state index in [2.05, 4.69) is 6.92 Å². The Morgan fingerprint density at radius 3 is 2.33 bits per heavy atom. The maximum Gasteiger partial charge on any atom is 0.282 e. The second-order valence-corrected chi connectivity index (χ2v) is 7.45. The van der Waals surface area contributed by atoms with Gasteiger partial charge in [-0.1, -0.05) is 6.92 Å². The fourth-order valence-electron chi connectivity index (χ4n) is 2.46. The zero-order chi connectivity index (χ0) is 13.2. The zero-order valence-corrected chi connectivity index (χ0v) is 12.0. The van der Waals surface area contributed by atoms with Crippen molar-refractivity contribution in [2.45, 2.75) is 45.1 Å². The molecular weight excluding hydrogens is 250 g/mol. The fourth-order valence-corrected chi connectivity index (χ4v) is 4.38. The number of hydrogen-bond donors (Lipinski definition) is 1. The number of rotatable bonds is 6. The van der Waals surface area contributed by atoms with E-state index in [1.165, 1.54) is 0 Å². The van der Waals surface area contributed by atoms with Crippen molar-refractivity contribution in [3.05, 3.63) is 0 Å². The highest BCUT2D eigenvalue weighted by Gasteiger charge is 2.40. The minimum atomic E-state index is -3.25. The largest absolute Gasteiger partial charge is 0.330 e. The first-order valence-corrected chi connectivity index (χ1v) is 8.42. The Bertz CT molecular complexity index is 360. The quantitative estimate of drug-likeness (QED) is 0.779. The molecule has 0 aromatic heterocycles. The minimum absolute atomic E-state index is 0.237. The molecule has 0 unspecified atom stereocenters. The molecule has 0 aromatic carbocycles.